The fourth-order valence-corrected chi connectivity index (χ4v) is 4.77. The van der Waals surface area contributed by atoms with E-state index in [1.165, 1.54) is 0 Å². The Balaban J connectivity index is 1.36. The normalized spacial score (nSPS) is 19.9. The highest BCUT2D eigenvalue weighted by Gasteiger charge is 2.72. The summed E-state index contributed by atoms with van der Waals surface area (Å²) in [5.74, 6) is -8.84. The number of amides is 2. The van der Waals surface area contributed by atoms with Gasteiger partial charge in [-0.3, -0.25) is 9.59 Å². The van der Waals surface area contributed by atoms with Crippen molar-refractivity contribution in [2.24, 2.45) is 11.8 Å². The Bertz CT molecular complexity index is 1110. The van der Waals surface area contributed by atoms with Gasteiger partial charge in [-0.1, -0.05) is 48.5 Å². The molecular weight excluding hydrogens is 458 g/mol. The molecule has 0 spiro atoms. The molecule has 2 aliphatic rings. The molecule has 186 valence electrons. The third-order valence-electron chi connectivity index (χ3n) is 6.65. The number of alkyl carbamates (subject to hydrolysis) is 1. The van der Waals surface area contributed by atoms with Gasteiger partial charge in [-0.05, 0) is 43.0 Å². The molecule has 2 unspecified atom stereocenters. The summed E-state index contributed by atoms with van der Waals surface area (Å²) in [6, 6.07) is 15.7. The first-order valence-corrected chi connectivity index (χ1v) is 11.4. The Labute approximate surface area is 202 Å². The van der Waals surface area contributed by atoms with Crippen molar-refractivity contribution in [2.75, 3.05) is 19.7 Å². The molecule has 1 saturated carbocycles. The summed E-state index contributed by atoms with van der Waals surface area (Å²) in [6.45, 7) is 3.65. The maximum Gasteiger partial charge on any atom is 0.407 e. The highest BCUT2D eigenvalue weighted by atomic mass is 19.3. The molecule has 9 heteroatoms. The van der Waals surface area contributed by atoms with Gasteiger partial charge in [-0.2, -0.15) is 0 Å². The zero-order chi connectivity index (χ0) is 25.5. The molecule has 2 atom stereocenters. The Kier molecular flexibility index (Phi) is 6.29. The third kappa shape index (κ3) is 4.72. The molecule has 0 aliphatic heterocycles. The van der Waals surface area contributed by atoms with Crippen LogP contribution in [0.1, 0.15) is 37.8 Å². The lowest BCUT2D eigenvalue weighted by Crippen LogP contribution is -2.49. The molecule has 4 rings (SSSR count). The van der Waals surface area contributed by atoms with E-state index in [-0.39, 0.29) is 12.5 Å². The van der Waals surface area contributed by atoms with Crippen molar-refractivity contribution < 1.29 is 33.0 Å². The molecule has 2 aliphatic carbocycles. The lowest BCUT2D eigenvalue weighted by atomic mass is 9.98. The fourth-order valence-electron chi connectivity index (χ4n) is 4.77. The number of alkyl halides is 2. The number of hydrogen-bond donors (Lipinski definition) is 2. The highest BCUT2D eigenvalue weighted by molar-refractivity contribution is 5.87. The number of nitrogens with one attached hydrogen (secondary N) is 1. The number of nitrogens with zero attached hydrogens (tertiary/aromatic N) is 1. The molecule has 0 aromatic heterocycles. The summed E-state index contributed by atoms with van der Waals surface area (Å²) in [6.07, 6.45) is -0.848. The van der Waals surface area contributed by atoms with Gasteiger partial charge in [-0.25, -0.2) is 13.6 Å². The summed E-state index contributed by atoms with van der Waals surface area (Å²) in [5, 5.41) is 11.4. The van der Waals surface area contributed by atoms with Crippen LogP contribution in [0.3, 0.4) is 0 Å². The van der Waals surface area contributed by atoms with E-state index in [0.717, 1.165) is 27.2 Å². The zero-order valence-electron chi connectivity index (χ0n) is 19.8. The van der Waals surface area contributed by atoms with Crippen LogP contribution >= 0.6 is 0 Å². The van der Waals surface area contributed by atoms with Crippen LogP contribution in [0, 0.1) is 11.8 Å². The lowest BCUT2D eigenvalue weighted by Gasteiger charge is -2.34. The first-order valence-electron chi connectivity index (χ1n) is 11.4. The van der Waals surface area contributed by atoms with Gasteiger partial charge in [0.2, 0.25) is 5.91 Å². The number of carbonyl (C=O) groups is 3. The molecule has 7 nitrogen and oxygen atoms in total. The second kappa shape index (κ2) is 8.94. The molecule has 0 heterocycles. The Hall–Kier alpha value is -3.49. The smallest absolute Gasteiger partial charge is 0.407 e. The maximum absolute atomic E-state index is 14.4. The summed E-state index contributed by atoms with van der Waals surface area (Å²) >= 11 is 0. The summed E-state index contributed by atoms with van der Waals surface area (Å²) in [4.78, 5) is 37.1. The van der Waals surface area contributed by atoms with Crippen LogP contribution in [-0.4, -0.2) is 59.1 Å². The number of hydrogen-bond acceptors (Lipinski definition) is 4. The molecule has 35 heavy (non-hydrogen) atoms. The topological polar surface area (TPSA) is 95.9 Å². The van der Waals surface area contributed by atoms with Crippen molar-refractivity contribution in [1.82, 2.24) is 10.2 Å². The molecule has 2 aromatic rings. The Morgan fingerprint density at radius 1 is 1.03 bits per heavy atom. The van der Waals surface area contributed by atoms with Crippen LogP contribution < -0.4 is 5.32 Å². The molecule has 0 saturated heterocycles. The molecule has 1 fully saturated rings. The molecule has 2 N–H and O–H groups in total. The maximum atomic E-state index is 14.4. The molecule has 2 aromatic carbocycles. The number of carbonyl (C=O) groups excluding carboxylic acids is 2. The number of halogens is 2. The Morgan fingerprint density at radius 2 is 1.57 bits per heavy atom. The van der Waals surface area contributed by atoms with Crippen molar-refractivity contribution in [1.29, 1.82) is 0 Å². The van der Waals surface area contributed by atoms with Gasteiger partial charge in [0, 0.05) is 18.0 Å². The van der Waals surface area contributed by atoms with E-state index in [9.17, 15) is 23.2 Å². The van der Waals surface area contributed by atoms with Gasteiger partial charge in [0.15, 0.2) is 0 Å². The first-order chi connectivity index (χ1) is 16.4. The molecule has 0 bridgehead atoms. The van der Waals surface area contributed by atoms with Crippen molar-refractivity contribution in [2.45, 2.75) is 38.2 Å². The monoisotopic (exact) mass is 486 g/mol. The lowest BCUT2D eigenvalue weighted by molar-refractivity contribution is -0.150. The molecule has 2 amide bonds. The van der Waals surface area contributed by atoms with Crippen molar-refractivity contribution in [3.8, 4) is 11.1 Å². The van der Waals surface area contributed by atoms with Gasteiger partial charge >= 0.3 is 12.1 Å². The number of aliphatic carboxylic acids is 1. The number of carboxylic acids is 1. The van der Waals surface area contributed by atoms with E-state index in [2.05, 4.69) is 5.32 Å². The van der Waals surface area contributed by atoms with Gasteiger partial charge in [0.25, 0.3) is 5.92 Å². The fraction of sp³-hybridized carbons (Fsp3) is 0.423. The number of carboxylic acid groups (broad SMARTS) is 1. The minimum absolute atomic E-state index is 0.0414. The minimum Gasteiger partial charge on any atom is -0.480 e. The third-order valence-corrected chi connectivity index (χ3v) is 6.65. The van der Waals surface area contributed by atoms with Gasteiger partial charge in [0.05, 0.1) is 5.92 Å². The number of benzene rings is 2. The molecule has 0 radical (unpaired) electrons. The second-order valence-electron chi connectivity index (χ2n) is 9.95. The van der Waals surface area contributed by atoms with Crippen LogP contribution in [-0.2, 0) is 14.3 Å². The standard InChI is InChI=1S/C26H28F2N2O5/c1-25(2,3)30(13-21(31)32)23(33)22-20(26(22,27)28)12-29-24(34)35-14-19-17-10-6-4-8-15(17)16-9-5-7-11-18(16)19/h4-11,19-20,22H,12-14H2,1-3H3,(H,29,34)(H,31,32). The van der Waals surface area contributed by atoms with E-state index in [4.69, 9.17) is 9.84 Å². The Morgan fingerprint density at radius 3 is 2.09 bits per heavy atom. The van der Waals surface area contributed by atoms with E-state index in [1.807, 2.05) is 48.5 Å². The van der Waals surface area contributed by atoms with Gasteiger partial charge in [-0.15, -0.1) is 0 Å². The van der Waals surface area contributed by atoms with Crippen molar-refractivity contribution >= 4 is 18.0 Å². The predicted molar refractivity (Wildman–Crippen MR) is 124 cm³/mol. The summed E-state index contributed by atoms with van der Waals surface area (Å²) < 4.78 is 34.2. The van der Waals surface area contributed by atoms with Gasteiger partial charge < -0.3 is 20.1 Å². The average molecular weight is 487 g/mol. The first kappa shape index (κ1) is 24.6. The summed E-state index contributed by atoms with van der Waals surface area (Å²) in [7, 11) is 0. The van der Waals surface area contributed by atoms with Crippen molar-refractivity contribution in [3.63, 3.8) is 0 Å². The quantitative estimate of drug-likeness (QED) is 0.614. The van der Waals surface area contributed by atoms with Crippen molar-refractivity contribution in [3.05, 3.63) is 59.7 Å². The highest BCUT2D eigenvalue weighted by Crippen LogP contribution is 2.56. The predicted octanol–water partition coefficient (Wildman–Crippen LogP) is 4.12. The van der Waals surface area contributed by atoms with Crippen LogP contribution in [0.4, 0.5) is 13.6 Å². The van der Waals surface area contributed by atoms with Crippen LogP contribution in [0.2, 0.25) is 0 Å². The average Bonchev–Trinajstić information content (AvgIpc) is 3.19. The second-order valence-corrected chi connectivity index (χ2v) is 9.95. The summed E-state index contributed by atoms with van der Waals surface area (Å²) in [5.41, 5.74) is 3.25. The van der Waals surface area contributed by atoms with Crippen LogP contribution in [0.5, 0.6) is 0 Å². The largest absolute Gasteiger partial charge is 0.480 e. The van der Waals surface area contributed by atoms with E-state index in [0.29, 0.717) is 0 Å². The number of ether oxygens (including phenoxy) is 1. The number of fused-ring (bicyclic) bond motifs is 3. The van der Waals surface area contributed by atoms with E-state index < -0.39 is 54.4 Å². The minimum atomic E-state index is -3.34. The zero-order valence-corrected chi connectivity index (χ0v) is 19.8. The van der Waals surface area contributed by atoms with Gasteiger partial charge in [0.1, 0.15) is 19.1 Å². The van der Waals surface area contributed by atoms with E-state index in [1.54, 1.807) is 20.8 Å². The molecular formula is C26H28F2N2O5. The van der Waals surface area contributed by atoms with Crippen LogP contribution in [0.25, 0.3) is 11.1 Å². The SMILES string of the molecule is CC(C)(C)N(CC(=O)O)C(=O)C1C(CNC(=O)OCC2c3ccccc3-c3ccccc32)C1(F)F. The van der Waals surface area contributed by atoms with Crippen LogP contribution in [0.15, 0.2) is 48.5 Å². The number of rotatable bonds is 7. The van der Waals surface area contributed by atoms with E-state index >= 15 is 0 Å².